The Labute approximate surface area is 167 Å². The first-order valence-corrected chi connectivity index (χ1v) is 13.1. The maximum absolute atomic E-state index is 11.9. The molecular weight excluding hydrogens is 340 g/mol. The summed E-state index contributed by atoms with van der Waals surface area (Å²) >= 11 is 0. The van der Waals surface area contributed by atoms with Crippen molar-refractivity contribution >= 4 is 10.8 Å². The van der Waals surface area contributed by atoms with Gasteiger partial charge in [0.05, 0.1) is 0 Å². The number of unbranched alkanes of at least 4 members (excludes halogenated alkanes) is 11. The van der Waals surface area contributed by atoms with Crippen LogP contribution in [0, 0.1) is 5.92 Å². The van der Waals surface area contributed by atoms with Gasteiger partial charge in [0.2, 0.25) is 0 Å². The van der Waals surface area contributed by atoms with E-state index in [1.165, 1.54) is 77.0 Å². The van der Waals surface area contributed by atoms with Crippen LogP contribution in [-0.2, 0) is 15.5 Å². The molecule has 0 bridgehead atoms. The van der Waals surface area contributed by atoms with E-state index >= 15 is 0 Å². The summed E-state index contributed by atoms with van der Waals surface area (Å²) in [5.74, 6) is 2.59. The van der Waals surface area contributed by atoms with E-state index in [1.807, 2.05) is 0 Å². The van der Waals surface area contributed by atoms with Crippen LogP contribution in [0.4, 0.5) is 0 Å². The molecule has 0 aliphatic rings. The topological polar surface area (TPSA) is 26.3 Å². The zero-order valence-corrected chi connectivity index (χ0v) is 19.1. The molecule has 0 amide bonds. The summed E-state index contributed by atoms with van der Waals surface area (Å²) in [7, 11) is -0.626. The van der Waals surface area contributed by atoms with Crippen LogP contribution < -0.4 is 0 Å². The summed E-state index contributed by atoms with van der Waals surface area (Å²) in [6, 6.07) is 0. The molecule has 2 nitrogen and oxygen atoms in total. The highest BCUT2D eigenvalue weighted by atomic mass is 32.2. The smallest absolute Gasteiger partial charge is 0.0474 e. The number of hydrogen-bond donors (Lipinski definition) is 0. The highest BCUT2D eigenvalue weighted by Crippen LogP contribution is 2.13. The van der Waals surface area contributed by atoms with Crippen molar-refractivity contribution in [2.75, 3.05) is 24.7 Å². The van der Waals surface area contributed by atoms with Crippen molar-refractivity contribution in [2.24, 2.45) is 5.92 Å². The fourth-order valence-corrected chi connectivity index (χ4v) is 4.38. The van der Waals surface area contributed by atoms with E-state index in [2.05, 4.69) is 20.8 Å². The van der Waals surface area contributed by atoms with Crippen LogP contribution in [0.25, 0.3) is 0 Å². The SMILES string of the molecule is CCCCCOCCCS(=O)CCCCCCCCCCCCC(C)C. The van der Waals surface area contributed by atoms with Crippen LogP contribution in [0.1, 0.15) is 117 Å². The lowest BCUT2D eigenvalue weighted by Gasteiger charge is -2.05. The van der Waals surface area contributed by atoms with Crippen molar-refractivity contribution in [1.82, 2.24) is 0 Å². The van der Waals surface area contributed by atoms with Crippen molar-refractivity contribution in [2.45, 2.75) is 117 Å². The number of rotatable bonds is 21. The third kappa shape index (κ3) is 22.2. The summed E-state index contributed by atoms with van der Waals surface area (Å²) in [5.41, 5.74) is 0. The van der Waals surface area contributed by atoms with Gasteiger partial charge in [-0.05, 0) is 25.2 Å². The summed E-state index contributed by atoms with van der Waals surface area (Å²) < 4.78 is 17.5. The average Bonchev–Trinajstić information content (AvgIpc) is 2.61. The van der Waals surface area contributed by atoms with Crippen LogP contribution in [0.2, 0.25) is 0 Å². The molecule has 0 aromatic carbocycles. The summed E-state index contributed by atoms with van der Waals surface area (Å²) in [4.78, 5) is 0. The van der Waals surface area contributed by atoms with Crippen molar-refractivity contribution < 1.29 is 8.95 Å². The Hall–Kier alpha value is 0.110. The molecule has 0 aromatic rings. The minimum atomic E-state index is -0.626. The molecule has 1 unspecified atom stereocenters. The normalized spacial score (nSPS) is 12.8. The van der Waals surface area contributed by atoms with Gasteiger partial charge in [-0.1, -0.05) is 97.8 Å². The van der Waals surface area contributed by atoms with E-state index in [9.17, 15) is 4.21 Å². The maximum Gasteiger partial charge on any atom is 0.0474 e. The van der Waals surface area contributed by atoms with Crippen LogP contribution in [0.15, 0.2) is 0 Å². The van der Waals surface area contributed by atoms with E-state index in [0.717, 1.165) is 49.9 Å². The second kappa shape index (κ2) is 21.4. The van der Waals surface area contributed by atoms with Gasteiger partial charge < -0.3 is 4.74 Å². The van der Waals surface area contributed by atoms with Crippen molar-refractivity contribution in [3.05, 3.63) is 0 Å². The zero-order chi connectivity index (χ0) is 19.3. The van der Waals surface area contributed by atoms with E-state index in [1.54, 1.807) is 0 Å². The van der Waals surface area contributed by atoms with Crippen molar-refractivity contribution in [1.29, 1.82) is 0 Å². The Bertz CT molecular complexity index is 292. The third-order valence-corrected chi connectivity index (χ3v) is 6.44. The van der Waals surface area contributed by atoms with Gasteiger partial charge in [0.15, 0.2) is 0 Å². The fraction of sp³-hybridized carbons (Fsp3) is 1.00. The summed E-state index contributed by atoms with van der Waals surface area (Å²) in [6.07, 6.45) is 19.6. The van der Waals surface area contributed by atoms with E-state index in [0.29, 0.717) is 0 Å². The Morgan fingerprint density at radius 3 is 1.73 bits per heavy atom. The first kappa shape index (κ1) is 26.1. The molecule has 0 heterocycles. The Kier molecular flexibility index (Phi) is 21.5. The van der Waals surface area contributed by atoms with E-state index < -0.39 is 10.8 Å². The first-order valence-electron chi connectivity index (χ1n) is 11.6. The maximum atomic E-state index is 11.9. The summed E-state index contributed by atoms with van der Waals surface area (Å²) in [6.45, 7) is 8.50. The molecule has 1 atom stereocenters. The molecule has 158 valence electrons. The van der Waals surface area contributed by atoms with Crippen molar-refractivity contribution in [3.8, 4) is 0 Å². The minimum absolute atomic E-state index is 0.626. The molecular formula is C23H48O2S. The Morgan fingerprint density at radius 2 is 1.15 bits per heavy atom. The number of hydrogen-bond acceptors (Lipinski definition) is 2. The molecule has 0 spiro atoms. The monoisotopic (exact) mass is 388 g/mol. The van der Waals surface area contributed by atoms with E-state index in [-0.39, 0.29) is 0 Å². The molecule has 3 heteroatoms. The Balaban J connectivity index is 3.14. The van der Waals surface area contributed by atoms with Gasteiger partial charge in [-0.15, -0.1) is 0 Å². The fourth-order valence-electron chi connectivity index (χ4n) is 3.21. The standard InChI is InChI=1S/C23H48O2S/c1-4-5-15-19-25-20-17-22-26(24)21-16-13-11-9-7-6-8-10-12-14-18-23(2)3/h23H,4-22H2,1-3H3. The third-order valence-electron chi connectivity index (χ3n) is 4.96. The molecule has 0 N–H and O–H groups in total. The van der Waals surface area contributed by atoms with Crippen LogP contribution in [0.3, 0.4) is 0 Å². The second-order valence-electron chi connectivity index (χ2n) is 8.24. The molecule has 26 heavy (non-hydrogen) atoms. The summed E-state index contributed by atoms with van der Waals surface area (Å²) in [5, 5.41) is 0. The molecule has 0 aliphatic carbocycles. The van der Waals surface area contributed by atoms with Gasteiger partial charge in [-0.3, -0.25) is 4.21 Å². The van der Waals surface area contributed by atoms with Gasteiger partial charge in [0.1, 0.15) is 0 Å². The van der Waals surface area contributed by atoms with Gasteiger partial charge in [-0.25, -0.2) is 0 Å². The second-order valence-corrected chi connectivity index (χ2v) is 9.94. The molecule has 0 fully saturated rings. The zero-order valence-electron chi connectivity index (χ0n) is 18.2. The lowest BCUT2D eigenvalue weighted by atomic mass is 10.0. The molecule has 0 saturated heterocycles. The van der Waals surface area contributed by atoms with Gasteiger partial charge >= 0.3 is 0 Å². The van der Waals surface area contributed by atoms with Gasteiger partial charge in [0.25, 0.3) is 0 Å². The average molecular weight is 389 g/mol. The molecule has 0 saturated carbocycles. The molecule has 0 rings (SSSR count). The quantitative estimate of drug-likeness (QED) is 0.193. The predicted molar refractivity (Wildman–Crippen MR) is 118 cm³/mol. The lowest BCUT2D eigenvalue weighted by Crippen LogP contribution is -2.06. The van der Waals surface area contributed by atoms with E-state index in [4.69, 9.17) is 4.74 Å². The minimum Gasteiger partial charge on any atom is -0.381 e. The molecule has 0 aromatic heterocycles. The number of ether oxygens (including phenoxy) is 1. The highest BCUT2D eigenvalue weighted by Gasteiger charge is 2.00. The largest absolute Gasteiger partial charge is 0.381 e. The first-order chi connectivity index (χ1) is 12.7. The predicted octanol–water partition coefficient (Wildman–Crippen LogP) is 7.28. The van der Waals surface area contributed by atoms with Gasteiger partial charge in [-0.2, -0.15) is 0 Å². The molecule has 0 aliphatic heterocycles. The Morgan fingerprint density at radius 1 is 0.654 bits per heavy atom. The lowest BCUT2D eigenvalue weighted by molar-refractivity contribution is 0.131. The van der Waals surface area contributed by atoms with Crippen LogP contribution in [-0.4, -0.2) is 28.9 Å². The highest BCUT2D eigenvalue weighted by molar-refractivity contribution is 7.84. The van der Waals surface area contributed by atoms with Gasteiger partial charge in [0, 0.05) is 35.5 Å². The van der Waals surface area contributed by atoms with Crippen LogP contribution >= 0.6 is 0 Å². The van der Waals surface area contributed by atoms with Crippen molar-refractivity contribution in [3.63, 3.8) is 0 Å². The van der Waals surface area contributed by atoms with Crippen LogP contribution in [0.5, 0.6) is 0 Å². The molecule has 0 radical (unpaired) electrons.